The molecule has 3 aromatic carbocycles. The van der Waals surface area contributed by atoms with E-state index in [4.69, 9.17) is 4.74 Å². The molecular formula is C28H27BrN2O2. The Bertz CT molecular complexity index is 1140. The monoisotopic (exact) mass is 502 g/mol. The van der Waals surface area contributed by atoms with Crippen LogP contribution in [0.4, 0.5) is 5.69 Å². The average molecular weight is 503 g/mol. The van der Waals surface area contributed by atoms with E-state index in [2.05, 4.69) is 28.1 Å². The summed E-state index contributed by atoms with van der Waals surface area (Å²) < 4.78 is 6.18. The number of hydrogen-bond acceptors (Lipinski definition) is 3. The van der Waals surface area contributed by atoms with Crippen molar-refractivity contribution in [3.63, 3.8) is 0 Å². The van der Waals surface area contributed by atoms with Crippen LogP contribution in [-0.4, -0.2) is 17.8 Å². The van der Waals surface area contributed by atoms with Crippen LogP contribution in [-0.2, 0) is 17.8 Å². The highest BCUT2D eigenvalue weighted by Gasteiger charge is 2.35. The topological polar surface area (TPSA) is 53.3 Å². The van der Waals surface area contributed by atoms with Crippen LogP contribution in [0.15, 0.2) is 72.8 Å². The second-order valence-electron chi connectivity index (χ2n) is 8.26. The summed E-state index contributed by atoms with van der Waals surface area (Å²) in [5, 5.41) is 10.5. The van der Waals surface area contributed by atoms with E-state index >= 15 is 0 Å². The summed E-state index contributed by atoms with van der Waals surface area (Å²) in [6, 6.07) is 25.7. The molecule has 0 bridgehead atoms. The van der Waals surface area contributed by atoms with Crippen molar-refractivity contribution in [2.24, 2.45) is 0 Å². The van der Waals surface area contributed by atoms with Gasteiger partial charge in [0.15, 0.2) is 0 Å². The van der Waals surface area contributed by atoms with Crippen LogP contribution in [0, 0.1) is 11.3 Å². The van der Waals surface area contributed by atoms with Crippen molar-refractivity contribution < 1.29 is 9.53 Å². The number of para-hydroxylation sites is 1. The van der Waals surface area contributed by atoms with Gasteiger partial charge < -0.3 is 9.64 Å². The number of carbonyl (C=O) groups is 1. The van der Waals surface area contributed by atoms with Crippen molar-refractivity contribution in [2.75, 3.05) is 16.8 Å². The Morgan fingerprint density at radius 1 is 1.00 bits per heavy atom. The summed E-state index contributed by atoms with van der Waals surface area (Å²) in [4.78, 5) is 15.7. The van der Waals surface area contributed by atoms with Crippen LogP contribution in [0.2, 0.25) is 0 Å². The summed E-state index contributed by atoms with van der Waals surface area (Å²) in [5.41, 5.74) is 4.53. The maximum absolute atomic E-state index is 13.8. The lowest BCUT2D eigenvalue weighted by atomic mass is 9.85. The summed E-state index contributed by atoms with van der Waals surface area (Å²) in [5.74, 6) is 0.358. The molecule has 1 atom stereocenters. The third kappa shape index (κ3) is 5.46. The molecule has 33 heavy (non-hydrogen) atoms. The molecule has 0 saturated heterocycles. The molecule has 1 unspecified atom stereocenters. The Kier molecular flexibility index (Phi) is 7.80. The summed E-state index contributed by atoms with van der Waals surface area (Å²) in [6.07, 6.45) is 3.71. The van der Waals surface area contributed by atoms with Gasteiger partial charge in [0.2, 0.25) is 5.91 Å². The molecule has 0 N–H and O–H groups in total. The SMILES string of the molecule is N#Cc1ccc(OCc2ccccc2)c(C2Cc3ccccc3N(CCCCCBr)C2=O)c1. The van der Waals surface area contributed by atoms with Crippen molar-refractivity contribution in [3.8, 4) is 11.8 Å². The maximum atomic E-state index is 13.8. The summed E-state index contributed by atoms with van der Waals surface area (Å²) >= 11 is 3.49. The number of fused-ring (bicyclic) bond motifs is 1. The van der Waals surface area contributed by atoms with Gasteiger partial charge in [0.05, 0.1) is 17.6 Å². The molecule has 1 aliphatic rings. The first-order valence-electron chi connectivity index (χ1n) is 11.4. The number of unbranched alkanes of at least 4 members (excludes halogenated alkanes) is 2. The van der Waals surface area contributed by atoms with Crippen molar-refractivity contribution in [3.05, 3.63) is 95.1 Å². The number of hydrogen-bond donors (Lipinski definition) is 0. The van der Waals surface area contributed by atoms with Gasteiger partial charge in [-0.15, -0.1) is 0 Å². The van der Waals surface area contributed by atoms with E-state index in [0.29, 0.717) is 30.9 Å². The predicted octanol–water partition coefficient (Wildman–Crippen LogP) is 6.38. The Labute approximate surface area is 203 Å². The number of halogens is 1. The molecule has 4 rings (SSSR count). The first kappa shape index (κ1) is 23.1. The van der Waals surface area contributed by atoms with Crippen LogP contribution in [0.25, 0.3) is 0 Å². The molecular weight excluding hydrogens is 476 g/mol. The van der Waals surface area contributed by atoms with Crippen LogP contribution >= 0.6 is 15.9 Å². The number of nitrogens with zero attached hydrogens (tertiary/aromatic N) is 2. The molecule has 3 aromatic rings. The van der Waals surface area contributed by atoms with Gasteiger partial charge in [-0.3, -0.25) is 4.79 Å². The lowest BCUT2D eigenvalue weighted by Gasteiger charge is -2.35. The number of rotatable bonds is 9. The molecule has 1 amide bonds. The number of amides is 1. The highest BCUT2D eigenvalue weighted by atomic mass is 79.9. The van der Waals surface area contributed by atoms with Crippen molar-refractivity contribution in [1.82, 2.24) is 0 Å². The summed E-state index contributed by atoms with van der Waals surface area (Å²) in [7, 11) is 0. The number of alkyl halides is 1. The molecule has 1 aliphatic heterocycles. The van der Waals surface area contributed by atoms with Gasteiger partial charge in [0.25, 0.3) is 0 Å². The highest BCUT2D eigenvalue weighted by Crippen LogP contribution is 2.39. The second kappa shape index (κ2) is 11.2. The Hall–Kier alpha value is -3.10. The van der Waals surface area contributed by atoms with E-state index in [0.717, 1.165) is 47.0 Å². The van der Waals surface area contributed by atoms with Crippen LogP contribution < -0.4 is 9.64 Å². The van der Waals surface area contributed by atoms with Gasteiger partial charge in [-0.05, 0) is 54.7 Å². The second-order valence-corrected chi connectivity index (χ2v) is 9.06. The number of carbonyl (C=O) groups excluding carboxylic acids is 1. The third-order valence-corrected chi connectivity index (χ3v) is 6.60. The number of ether oxygens (including phenoxy) is 1. The van der Waals surface area contributed by atoms with Crippen LogP contribution in [0.5, 0.6) is 5.75 Å². The van der Waals surface area contributed by atoms with Crippen molar-refractivity contribution in [2.45, 2.75) is 38.2 Å². The molecule has 0 radical (unpaired) electrons. The fourth-order valence-electron chi connectivity index (χ4n) is 4.33. The largest absolute Gasteiger partial charge is 0.489 e. The van der Waals surface area contributed by atoms with E-state index in [1.165, 1.54) is 0 Å². The first-order chi connectivity index (χ1) is 16.2. The smallest absolute Gasteiger partial charge is 0.235 e. The normalized spacial score (nSPS) is 15.1. The molecule has 0 fully saturated rings. The van der Waals surface area contributed by atoms with E-state index in [1.54, 1.807) is 6.07 Å². The predicted molar refractivity (Wildman–Crippen MR) is 135 cm³/mol. The zero-order valence-electron chi connectivity index (χ0n) is 18.5. The van der Waals surface area contributed by atoms with Gasteiger partial charge in [-0.1, -0.05) is 70.9 Å². The molecule has 0 spiro atoms. The standard InChI is InChI=1S/C28H27BrN2O2/c29-15-7-2-8-16-31-26-12-6-5-11-23(26)18-25(28(31)32)24-17-22(19-30)13-14-27(24)33-20-21-9-3-1-4-10-21/h1,3-6,9-14,17,25H,2,7-8,15-16,18,20H2. The van der Waals surface area contributed by atoms with Gasteiger partial charge in [-0.2, -0.15) is 5.26 Å². The highest BCUT2D eigenvalue weighted by molar-refractivity contribution is 9.09. The molecule has 0 aliphatic carbocycles. The molecule has 0 aromatic heterocycles. The number of anilines is 1. The Morgan fingerprint density at radius 3 is 2.58 bits per heavy atom. The first-order valence-corrected chi connectivity index (χ1v) is 12.5. The van der Waals surface area contributed by atoms with E-state index < -0.39 is 0 Å². The number of benzene rings is 3. The van der Waals surface area contributed by atoms with Gasteiger partial charge in [-0.25, -0.2) is 0 Å². The minimum atomic E-state index is -0.379. The molecule has 168 valence electrons. The summed E-state index contributed by atoms with van der Waals surface area (Å²) in [6.45, 7) is 1.10. The van der Waals surface area contributed by atoms with Crippen molar-refractivity contribution in [1.29, 1.82) is 5.26 Å². The quantitative estimate of drug-likeness (QED) is 0.252. The van der Waals surface area contributed by atoms with Gasteiger partial charge in [0.1, 0.15) is 12.4 Å². The Morgan fingerprint density at radius 2 is 1.79 bits per heavy atom. The molecule has 0 saturated carbocycles. The van der Waals surface area contributed by atoms with Crippen LogP contribution in [0.3, 0.4) is 0 Å². The lowest BCUT2D eigenvalue weighted by molar-refractivity contribution is -0.120. The maximum Gasteiger partial charge on any atom is 0.235 e. The third-order valence-electron chi connectivity index (χ3n) is 6.04. The average Bonchev–Trinajstić information content (AvgIpc) is 2.86. The minimum absolute atomic E-state index is 0.0761. The zero-order valence-corrected chi connectivity index (χ0v) is 20.1. The van der Waals surface area contributed by atoms with Crippen molar-refractivity contribution >= 4 is 27.5 Å². The fourth-order valence-corrected chi connectivity index (χ4v) is 4.73. The zero-order chi connectivity index (χ0) is 23.0. The minimum Gasteiger partial charge on any atom is -0.489 e. The van der Waals surface area contributed by atoms with Gasteiger partial charge in [0, 0.05) is 23.1 Å². The van der Waals surface area contributed by atoms with Crippen LogP contribution in [0.1, 0.15) is 47.4 Å². The van der Waals surface area contributed by atoms with E-state index in [1.807, 2.05) is 65.6 Å². The lowest BCUT2D eigenvalue weighted by Crippen LogP contribution is -2.41. The van der Waals surface area contributed by atoms with E-state index in [-0.39, 0.29) is 11.8 Å². The van der Waals surface area contributed by atoms with Gasteiger partial charge >= 0.3 is 0 Å². The molecule has 1 heterocycles. The van der Waals surface area contributed by atoms with E-state index in [9.17, 15) is 10.1 Å². The Balaban J connectivity index is 1.65. The fraction of sp³-hybridized carbons (Fsp3) is 0.286. The molecule has 5 heteroatoms. The number of nitriles is 1. The molecule has 4 nitrogen and oxygen atoms in total.